The van der Waals surface area contributed by atoms with Crippen molar-refractivity contribution in [3.05, 3.63) is 29.8 Å². The van der Waals surface area contributed by atoms with Gasteiger partial charge in [-0.2, -0.15) is 0 Å². The van der Waals surface area contributed by atoms with Crippen molar-refractivity contribution >= 4 is 11.9 Å². The Balaban J connectivity index is 1.66. The number of rotatable bonds is 8. The van der Waals surface area contributed by atoms with Gasteiger partial charge in [0, 0.05) is 0 Å². The number of hydrogen-bond acceptors (Lipinski definition) is 4. The van der Waals surface area contributed by atoms with Gasteiger partial charge < -0.3 is 14.8 Å². The second-order valence-electron chi connectivity index (χ2n) is 6.70. The molecule has 0 spiro atoms. The molecule has 0 atom stereocenters. The molecule has 0 aliphatic carbocycles. The van der Waals surface area contributed by atoms with E-state index in [4.69, 9.17) is 9.47 Å². The van der Waals surface area contributed by atoms with Crippen LogP contribution >= 0.6 is 0 Å². The summed E-state index contributed by atoms with van der Waals surface area (Å²) in [4.78, 5) is 24.9. The molecule has 24 heavy (non-hydrogen) atoms. The minimum absolute atomic E-state index is 0.224. The molecule has 0 radical (unpaired) electrons. The van der Waals surface area contributed by atoms with Crippen LogP contribution < -0.4 is 10.1 Å². The maximum absolute atomic E-state index is 12.0. The molecule has 0 bridgehead atoms. The molecule has 0 saturated carbocycles. The van der Waals surface area contributed by atoms with Crippen LogP contribution in [0.15, 0.2) is 24.3 Å². The van der Waals surface area contributed by atoms with Crippen molar-refractivity contribution in [1.29, 1.82) is 0 Å². The molecule has 6 heteroatoms. The van der Waals surface area contributed by atoms with Crippen molar-refractivity contribution in [1.82, 2.24) is 10.2 Å². The number of amides is 3. The first-order valence-electron chi connectivity index (χ1n) is 8.26. The van der Waals surface area contributed by atoms with Gasteiger partial charge in [-0.25, -0.2) is 4.79 Å². The molecule has 132 valence electrons. The molecule has 0 aromatic heterocycles. The molecule has 1 heterocycles. The fourth-order valence-electron chi connectivity index (χ4n) is 2.46. The predicted molar refractivity (Wildman–Crippen MR) is 91.2 cm³/mol. The molecule has 6 nitrogen and oxygen atoms in total. The molecule has 0 unspecified atom stereocenters. The summed E-state index contributed by atoms with van der Waals surface area (Å²) in [5.41, 5.74) is 0.399. The highest BCUT2D eigenvalue weighted by Gasteiger charge is 2.43. The van der Waals surface area contributed by atoms with Crippen LogP contribution in [0.4, 0.5) is 4.79 Å². The summed E-state index contributed by atoms with van der Waals surface area (Å²) >= 11 is 0. The lowest BCUT2D eigenvalue weighted by Crippen LogP contribution is -2.40. The van der Waals surface area contributed by atoms with Gasteiger partial charge in [0.2, 0.25) is 0 Å². The molecular formula is C18H26N2O4. The van der Waals surface area contributed by atoms with Crippen molar-refractivity contribution in [3.63, 3.8) is 0 Å². The van der Waals surface area contributed by atoms with E-state index >= 15 is 0 Å². The fraction of sp³-hybridized carbons (Fsp3) is 0.556. The fourth-order valence-corrected chi connectivity index (χ4v) is 2.46. The van der Waals surface area contributed by atoms with Crippen molar-refractivity contribution in [2.75, 3.05) is 26.4 Å². The van der Waals surface area contributed by atoms with E-state index < -0.39 is 5.54 Å². The first kappa shape index (κ1) is 18.3. The Morgan fingerprint density at radius 3 is 2.54 bits per heavy atom. The number of ether oxygens (including phenoxy) is 2. The molecular weight excluding hydrogens is 308 g/mol. The molecule has 1 aromatic carbocycles. The van der Waals surface area contributed by atoms with Crippen LogP contribution in [-0.4, -0.2) is 48.7 Å². The van der Waals surface area contributed by atoms with E-state index in [9.17, 15) is 9.59 Å². The minimum Gasteiger partial charge on any atom is -0.491 e. The number of nitrogens with one attached hydrogen (secondary N) is 1. The highest BCUT2D eigenvalue weighted by molar-refractivity contribution is 6.06. The van der Waals surface area contributed by atoms with Crippen LogP contribution in [0.5, 0.6) is 5.75 Å². The highest BCUT2D eigenvalue weighted by Crippen LogP contribution is 2.20. The second-order valence-corrected chi connectivity index (χ2v) is 6.70. The first-order valence-corrected chi connectivity index (χ1v) is 8.26. The Labute approximate surface area is 143 Å². The van der Waals surface area contributed by atoms with E-state index in [1.807, 2.05) is 18.2 Å². The van der Waals surface area contributed by atoms with Crippen molar-refractivity contribution in [2.24, 2.45) is 0 Å². The Morgan fingerprint density at radius 1 is 1.17 bits per heavy atom. The zero-order chi connectivity index (χ0) is 17.7. The molecule has 1 aliphatic heterocycles. The summed E-state index contributed by atoms with van der Waals surface area (Å²) in [6.45, 7) is 9.02. The molecule has 2 rings (SSSR count). The number of nitrogens with zero attached hydrogens (tertiary/aromatic N) is 1. The van der Waals surface area contributed by atoms with Crippen LogP contribution in [0.3, 0.4) is 0 Å². The monoisotopic (exact) mass is 334 g/mol. The Hall–Kier alpha value is -2.08. The molecule has 1 N–H and O–H groups in total. The quantitative estimate of drug-likeness (QED) is 0.586. The number of carbonyl (C=O) groups is 2. The first-order chi connectivity index (χ1) is 11.3. The number of carbonyl (C=O) groups excluding carboxylic acids is 2. The zero-order valence-corrected chi connectivity index (χ0v) is 14.8. The topological polar surface area (TPSA) is 67.9 Å². The van der Waals surface area contributed by atoms with E-state index in [-0.39, 0.29) is 18.5 Å². The maximum Gasteiger partial charge on any atom is 0.325 e. The second kappa shape index (κ2) is 7.66. The molecule has 1 aliphatic rings. The average molecular weight is 334 g/mol. The van der Waals surface area contributed by atoms with Gasteiger partial charge >= 0.3 is 6.03 Å². The van der Waals surface area contributed by atoms with E-state index in [1.54, 1.807) is 13.8 Å². The summed E-state index contributed by atoms with van der Waals surface area (Å²) in [5, 5.41) is 2.64. The smallest absolute Gasteiger partial charge is 0.325 e. The number of imide groups is 1. The third-order valence-corrected chi connectivity index (χ3v) is 3.92. The van der Waals surface area contributed by atoms with Gasteiger partial charge in [-0.1, -0.05) is 26.0 Å². The standard InChI is InChI=1S/C18H26N2O4/c1-13(2)14-6-5-7-15(12-14)24-11-10-23-9-8-20-16(21)18(3,4)19-17(20)22/h5-7,12-13H,8-11H2,1-4H3,(H,19,22). The van der Waals surface area contributed by atoms with E-state index in [2.05, 4.69) is 25.2 Å². The van der Waals surface area contributed by atoms with Crippen molar-refractivity contribution < 1.29 is 19.1 Å². The van der Waals surface area contributed by atoms with Crippen LogP contribution in [0.2, 0.25) is 0 Å². The lowest BCUT2D eigenvalue weighted by atomic mass is 10.0. The van der Waals surface area contributed by atoms with Gasteiger partial charge in [0.15, 0.2) is 0 Å². The van der Waals surface area contributed by atoms with Gasteiger partial charge in [0.25, 0.3) is 5.91 Å². The highest BCUT2D eigenvalue weighted by atomic mass is 16.5. The Kier molecular flexibility index (Phi) is 5.83. The summed E-state index contributed by atoms with van der Waals surface area (Å²) in [5.74, 6) is 1.05. The van der Waals surface area contributed by atoms with Crippen LogP contribution in [0.25, 0.3) is 0 Å². The Morgan fingerprint density at radius 2 is 1.92 bits per heavy atom. The van der Waals surface area contributed by atoms with E-state index in [1.165, 1.54) is 10.5 Å². The Bertz CT molecular complexity index is 598. The molecule has 1 aromatic rings. The summed E-state index contributed by atoms with van der Waals surface area (Å²) in [6.07, 6.45) is 0. The van der Waals surface area contributed by atoms with E-state index in [0.29, 0.717) is 25.7 Å². The molecule has 1 saturated heterocycles. The predicted octanol–water partition coefficient (Wildman–Crippen LogP) is 2.54. The normalized spacial score (nSPS) is 16.6. The minimum atomic E-state index is -0.832. The van der Waals surface area contributed by atoms with Gasteiger partial charge in [0.1, 0.15) is 17.9 Å². The lowest BCUT2D eigenvalue weighted by molar-refractivity contribution is -0.130. The third-order valence-electron chi connectivity index (χ3n) is 3.92. The summed E-state index contributed by atoms with van der Waals surface area (Å²) < 4.78 is 11.1. The van der Waals surface area contributed by atoms with E-state index in [0.717, 1.165) is 5.75 Å². The number of urea groups is 1. The van der Waals surface area contributed by atoms with Gasteiger partial charge in [-0.05, 0) is 37.5 Å². The van der Waals surface area contributed by atoms with Crippen LogP contribution in [0.1, 0.15) is 39.2 Å². The largest absolute Gasteiger partial charge is 0.491 e. The van der Waals surface area contributed by atoms with Crippen LogP contribution in [-0.2, 0) is 9.53 Å². The van der Waals surface area contributed by atoms with Gasteiger partial charge in [0.05, 0.1) is 19.8 Å². The summed E-state index contributed by atoms with van der Waals surface area (Å²) in [7, 11) is 0. The number of hydrogen-bond donors (Lipinski definition) is 1. The SMILES string of the molecule is CC(C)c1cccc(OCCOCCN2C(=O)NC(C)(C)C2=O)c1. The number of benzene rings is 1. The van der Waals surface area contributed by atoms with Crippen molar-refractivity contribution in [2.45, 2.75) is 39.2 Å². The van der Waals surface area contributed by atoms with Crippen LogP contribution in [0, 0.1) is 0 Å². The third kappa shape index (κ3) is 4.47. The maximum atomic E-state index is 12.0. The van der Waals surface area contributed by atoms with Gasteiger partial charge in [-0.15, -0.1) is 0 Å². The molecule has 3 amide bonds. The zero-order valence-electron chi connectivity index (χ0n) is 14.8. The van der Waals surface area contributed by atoms with Crippen molar-refractivity contribution in [3.8, 4) is 5.75 Å². The summed E-state index contributed by atoms with van der Waals surface area (Å²) in [6, 6.07) is 7.63. The lowest BCUT2D eigenvalue weighted by Gasteiger charge is -2.16. The molecule has 1 fully saturated rings. The van der Waals surface area contributed by atoms with Gasteiger partial charge in [-0.3, -0.25) is 9.69 Å². The average Bonchev–Trinajstić information content (AvgIpc) is 2.72.